The predicted molar refractivity (Wildman–Crippen MR) is 64.2 cm³/mol. The first kappa shape index (κ1) is 11.5. The zero-order valence-electron chi connectivity index (χ0n) is 9.92. The fourth-order valence-corrected chi connectivity index (χ4v) is 1.69. The third kappa shape index (κ3) is 2.46. The van der Waals surface area contributed by atoms with Gasteiger partial charge in [-0.2, -0.15) is 5.21 Å². The van der Waals surface area contributed by atoms with Gasteiger partial charge in [-0.3, -0.25) is 4.79 Å². The smallest absolute Gasteiger partial charge is 0.297 e. The van der Waals surface area contributed by atoms with Crippen LogP contribution >= 0.6 is 0 Å². The number of carbonyl (C=O) groups is 1. The van der Waals surface area contributed by atoms with Crippen molar-refractivity contribution >= 4 is 11.6 Å². The maximum absolute atomic E-state index is 11.7. The van der Waals surface area contributed by atoms with Gasteiger partial charge in [-0.25, -0.2) is 0 Å². The second kappa shape index (κ2) is 4.92. The van der Waals surface area contributed by atoms with Crippen LogP contribution in [0.4, 0.5) is 5.69 Å². The fourth-order valence-electron chi connectivity index (χ4n) is 1.69. The van der Waals surface area contributed by atoms with Crippen LogP contribution in [0.2, 0.25) is 0 Å². The zero-order valence-corrected chi connectivity index (χ0v) is 9.92. The number of nitrogens with zero attached hydrogens (tertiary/aromatic N) is 3. The highest BCUT2D eigenvalue weighted by Crippen LogP contribution is 2.32. The first-order chi connectivity index (χ1) is 9.33. The molecule has 1 amide bonds. The quantitative estimate of drug-likeness (QED) is 0.821. The molecule has 0 fully saturated rings. The Labute approximate surface area is 108 Å². The molecule has 19 heavy (non-hydrogen) atoms. The molecule has 0 spiro atoms. The molecule has 3 rings (SSSR count). The molecule has 1 aliphatic heterocycles. The Morgan fingerprint density at radius 3 is 2.89 bits per heavy atom. The summed E-state index contributed by atoms with van der Waals surface area (Å²) < 4.78 is 11.0. The lowest BCUT2D eigenvalue weighted by Crippen LogP contribution is -2.13. The third-order valence-electron chi connectivity index (χ3n) is 2.55. The van der Waals surface area contributed by atoms with E-state index in [0.29, 0.717) is 30.4 Å². The largest absolute Gasteiger partial charge is 0.490 e. The van der Waals surface area contributed by atoms with Crippen molar-refractivity contribution in [1.82, 2.24) is 20.6 Å². The van der Waals surface area contributed by atoms with Crippen molar-refractivity contribution in [1.29, 1.82) is 0 Å². The SMILES string of the molecule is O=C(Nc1ccc2c(c1)OCCCO2)c1nn[nH]n1. The van der Waals surface area contributed by atoms with Crippen LogP contribution in [0.3, 0.4) is 0 Å². The van der Waals surface area contributed by atoms with Gasteiger partial charge in [0.25, 0.3) is 11.7 Å². The van der Waals surface area contributed by atoms with Crippen LogP contribution in [-0.2, 0) is 0 Å². The van der Waals surface area contributed by atoms with Crippen LogP contribution in [-0.4, -0.2) is 39.7 Å². The first-order valence-corrected chi connectivity index (χ1v) is 5.77. The number of benzene rings is 1. The Hall–Kier alpha value is -2.64. The number of amides is 1. The maximum atomic E-state index is 11.7. The van der Waals surface area contributed by atoms with Crippen molar-refractivity contribution in [2.45, 2.75) is 6.42 Å². The highest BCUT2D eigenvalue weighted by molar-refractivity contribution is 6.01. The number of H-pyrrole nitrogens is 1. The number of hydrogen-bond acceptors (Lipinski definition) is 6. The number of aromatic nitrogens is 4. The summed E-state index contributed by atoms with van der Waals surface area (Å²) in [6.07, 6.45) is 0.833. The molecule has 98 valence electrons. The van der Waals surface area contributed by atoms with Gasteiger partial charge in [0.15, 0.2) is 11.5 Å². The first-order valence-electron chi connectivity index (χ1n) is 5.77. The topological polar surface area (TPSA) is 102 Å². The average Bonchev–Trinajstić information content (AvgIpc) is 2.85. The van der Waals surface area contributed by atoms with Gasteiger partial charge in [-0.1, -0.05) is 0 Å². The van der Waals surface area contributed by atoms with E-state index in [1.807, 2.05) is 0 Å². The molecule has 1 aromatic carbocycles. The standard InChI is InChI=1S/C11H11N5O3/c17-11(10-13-15-16-14-10)12-7-2-3-8-9(6-7)19-5-1-4-18-8/h2-3,6H,1,4-5H2,(H,12,17)(H,13,14,15,16). The van der Waals surface area contributed by atoms with E-state index in [1.54, 1.807) is 18.2 Å². The monoisotopic (exact) mass is 261 g/mol. The van der Waals surface area contributed by atoms with Crippen molar-refractivity contribution < 1.29 is 14.3 Å². The molecule has 1 aliphatic rings. The minimum Gasteiger partial charge on any atom is -0.490 e. The van der Waals surface area contributed by atoms with Crippen molar-refractivity contribution in [3.8, 4) is 11.5 Å². The van der Waals surface area contributed by atoms with Crippen molar-refractivity contribution in [3.63, 3.8) is 0 Å². The number of fused-ring (bicyclic) bond motifs is 1. The van der Waals surface area contributed by atoms with Gasteiger partial charge >= 0.3 is 0 Å². The molecule has 8 nitrogen and oxygen atoms in total. The number of hydrogen-bond donors (Lipinski definition) is 2. The van der Waals surface area contributed by atoms with Crippen LogP contribution in [0.5, 0.6) is 11.5 Å². The highest BCUT2D eigenvalue weighted by atomic mass is 16.5. The summed E-state index contributed by atoms with van der Waals surface area (Å²) in [5.74, 6) is 0.828. The summed E-state index contributed by atoms with van der Waals surface area (Å²) in [5.41, 5.74) is 0.582. The summed E-state index contributed by atoms with van der Waals surface area (Å²) in [6.45, 7) is 1.22. The number of tetrazole rings is 1. The zero-order chi connectivity index (χ0) is 13.1. The van der Waals surface area contributed by atoms with Gasteiger partial charge in [0.2, 0.25) is 0 Å². The van der Waals surface area contributed by atoms with Crippen LogP contribution < -0.4 is 14.8 Å². The molecular weight excluding hydrogens is 250 g/mol. The molecule has 0 atom stereocenters. The van der Waals surface area contributed by atoms with E-state index in [0.717, 1.165) is 6.42 Å². The Morgan fingerprint density at radius 2 is 2.11 bits per heavy atom. The molecule has 0 unspecified atom stereocenters. The lowest BCUT2D eigenvalue weighted by Gasteiger charge is -2.09. The normalized spacial score (nSPS) is 13.7. The molecule has 2 N–H and O–H groups in total. The summed E-state index contributed by atoms with van der Waals surface area (Å²) in [7, 11) is 0. The lowest BCUT2D eigenvalue weighted by atomic mass is 10.2. The Kier molecular flexibility index (Phi) is 2.97. The number of nitrogens with one attached hydrogen (secondary N) is 2. The van der Waals surface area contributed by atoms with Crippen LogP contribution in [0, 0.1) is 0 Å². The third-order valence-corrected chi connectivity index (χ3v) is 2.55. The van der Waals surface area contributed by atoms with E-state index in [-0.39, 0.29) is 5.82 Å². The summed E-state index contributed by atoms with van der Waals surface area (Å²) in [5, 5.41) is 15.4. The summed E-state index contributed by atoms with van der Waals surface area (Å²) in [6, 6.07) is 5.19. The van der Waals surface area contributed by atoms with Gasteiger partial charge in [0, 0.05) is 18.2 Å². The number of rotatable bonds is 2. The van der Waals surface area contributed by atoms with Crippen LogP contribution in [0.15, 0.2) is 18.2 Å². The minimum absolute atomic E-state index is 0.0212. The van der Waals surface area contributed by atoms with Gasteiger partial charge in [0.05, 0.1) is 13.2 Å². The number of carbonyl (C=O) groups excluding carboxylic acids is 1. The van der Waals surface area contributed by atoms with E-state index in [1.165, 1.54) is 0 Å². The predicted octanol–water partition coefficient (Wildman–Crippen LogP) is 0.613. The number of anilines is 1. The molecule has 0 bridgehead atoms. The lowest BCUT2D eigenvalue weighted by molar-refractivity contribution is 0.101. The van der Waals surface area contributed by atoms with Crippen LogP contribution in [0.1, 0.15) is 17.0 Å². The van der Waals surface area contributed by atoms with Crippen molar-refractivity contribution in [2.24, 2.45) is 0 Å². The molecule has 0 radical (unpaired) electrons. The second-order valence-corrected chi connectivity index (χ2v) is 3.90. The molecule has 0 saturated heterocycles. The van der Waals surface area contributed by atoms with Crippen LogP contribution in [0.25, 0.3) is 0 Å². The van der Waals surface area contributed by atoms with Gasteiger partial charge in [-0.15, -0.1) is 10.2 Å². The average molecular weight is 261 g/mol. The van der Waals surface area contributed by atoms with Gasteiger partial charge < -0.3 is 14.8 Å². The van der Waals surface area contributed by atoms with Crippen molar-refractivity contribution in [3.05, 3.63) is 24.0 Å². The Morgan fingerprint density at radius 1 is 1.26 bits per heavy atom. The fraction of sp³-hybridized carbons (Fsp3) is 0.273. The molecule has 2 aromatic rings. The number of aromatic amines is 1. The maximum Gasteiger partial charge on any atom is 0.297 e. The summed E-state index contributed by atoms with van der Waals surface area (Å²) >= 11 is 0. The molecular formula is C11H11N5O3. The molecule has 8 heteroatoms. The number of ether oxygens (including phenoxy) is 2. The molecule has 0 aliphatic carbocycles. The minimum atomic E-state index is -0.441. The molecule has 1 aromatic heterocycles. The second-order valence-electron chi connectivity index (χ2n) is 3.90. The molecule has 2 heterocycles. The van der Waals surface area contributed by atoms with Crippen molar-refractivity contribution in [2.75, 3.05) is 18.5 Å². The van der Waals surface area contributed by atoms with E-state index < -0.39 is 5.91 Å². The van der Waals surface area contributed by atoms with Gasteiger partial charge in [-0.05, 0) is 17.3 Å². The van der Waals surface area contributed by atoms with E-state index in [4.69, 9.17) is 9.47 Å². The van der Waals surface area contributed by atoms with E-state index >= 15 is 0 Å². The van der Waals surface area contributed by atoms with E-state index in [9.17, 15) is 4.79 Å². The highest BCUT2D eigenvalue weighted by Gasteiger charge is 2.14. The Balaban J connectivity index is 1.78. The van der Waals surface area contributed by atoms with E-state index in [2.05, 4.69) is 25.9 Å². The Bertz CT molecular complexity index is 584. The van der Waals surface area contributed by atoms with Gasteiger partial charge in [0.1, 0.15) is 0 Å². The molecule has 0 saturated carbocycles. The summed E-state index contributed by atoms with van der Waals surface area (Å²) in [4.78, 5) is 11.7.